The van der Waals surface area contributed by atoms with Crippen molar-refractivity contribution in [2.75, 3.05) is 5.73 Å². The van der Waals surface area contributed by atoms with E-state index in [1.165, 1.54) is 0 Å². The molecule has 0 aliphatic carbocycles. The molecule has 18 heavy (non-hydrogen) atoms. The Morgan fingerprint density at radius 3 is 2.56 bits per heavy atom. The van der Waals surface area contributed by atoms with Crippen molar-refractivity contribution in [2.24, 2.45) is 7.05 Å². The molecule has 0 fully saturated rings. The fourth-order valence-corrected chi connectivity index (χ4v) is 1.82. The number of anilines is 1. The summed E-state index contributed by atoms with van der Waals surface area (Å²) >= 11 is 0. The Balaban J connectivity index is 2.09. The number of aromatic nitrogens is 5. The molecule has 3 aromatic rings. The SMILES string of the molecule is Cn1ncc(-c2cccc(-n3nccn3)c2)c1N. The second-order valence-corrected chi connectivity index (χ2v) is 3.94. The van der Waals surface area contributed by atoms with Gasteiger partial charge in [0.15, 0.2) is 0 Å². The number of nitrogen functional groups attached to an aromatic ring is 1. The average molecular weight is 240 g/mol. The summed E-state index contributed by atoms with van der Waals surface area (Å²) in [5, 5.41) is 12.3. The summed E-state index contributed by atoms with van der Waals surface area (Å²) in [7, 11) is 1.82. The molecule has 0 bridgehead atoms. The van der Waals surface area contributed by atoms with Crippen molar-refractivity contribution in [3.05, 3.63) is 42.9 Å². The van der Waals surface area contributed by atoms with Crippen LogP contribution in [0, 0.1) is 0 Å². The molecule has 0 radical (unpaired) electrons. The quantitative estimate of drug-likeness (QED) is 0.731. The van der Waals surface area contributed by atoms with E-state index in [1.807, 2.05) is 31.3 Å². The molecule has 3 rings (SSSR count). The Bertz CT molecular complexity index is 668. The van der Waals surface area contributed by atoms with Gasteiger partial charge in [0, 0.05) is 12.6 Å². The lowest BCUT2D eigenvalue weighted by molar-refractivity contribution is 0.752. The Morgan fingerprint density at radius 2 is 1.89 bits per heavy atom. The van der Waals surface area contributed by atoms with Gasteiger partial charge in [0.2, 0.25) is 0 Å². The minimum Gasteiger partial charge on any atom is -0.383 e. The predicted molar refractivity (Wildman–Crippen MR) is 68.0 cm³/mol. The first-order valence-corrected chi connectivity index (χ1v) is 5.50. The van der Waals surface area contributed by atoms with E-state index in [1.54, 1.807) is 28.1 Å². The number of benzene rings is 1. The number of aryl methyl sites for hydroxylation is 1. The van der Waals surface area contributed by atoms with E-state index in [2.05, 4.69) is 15.3 Å². The zero-order valence-electron chi connectivity index (χ0n) is 9.85. The van der Waals surface area contributed by atoms with E-state index in [-0.39, 0.29) is 0 Å². The predicted octanol–water partition coefficient (Wildman–Crippen LogP) is 1.25. The van der Waals surface area contributed by atoms with Gasteiger partial charge in [-0.2, -0.15) is 20.1 Å². The van der Waals surface area contributed by atoms with Crippen molar-refractivity contribution in [3.8, 4) is 16.8 Å². The first kappa shape index (κ1) is 10.5. The molecule has 0 atom stereocenters. The number of nitrogens with zero attached hydrogens (tertiary/aromatic N) is 5. The first-order valence-electron chi connectivity index (χ1n) is 5.50. The largest absolute Gasteiger partial charge is 0.383 e. The molecule has 6 heteroatoms. The third-order valence-corrected chi connectivity index (χ3v) is 2.79. The normalized spacial score (nSPS) is 10.7. The van der Waals surface area contributed by atoms with Crippen LogP contribution in [0.15, 0.2) is 42.9 Å². The Hall–Kier alpha value is -2.63. The molecule has 0 aliphatic rings. The minimum absolute atomic E-state index is 0.639. The smallest absolute Gasteiger partial charge is 0.129 e. The van der Waals surface area contributed by atoms with Crippen molar-refractivity contribution in [1.82, 2.24) is 24.8 Å². The van der Waals surface area contributed by atoms with Crippen LogP contribution in [-0.4, -0.2) is 24.8 Å². The maximum absolute atomic E-state index is 5.97. The lowest BCUT2D eigenvalue weighted by Crippen LogP contribution is -1.99. The molecule has 2 N–H and O–H groups in total. The van der Waals surface area contributed by atoms with E-state index in [0.717, 1.165) is 16.8 Å². The van der Waals surface area contributed by atoms with Crippen LogP contribution in [0.1, 0.15) is 0 Å². The molecule has 0 unspecified atom stereocenters. The second kappa shape index (κ2) is 3.99. The maximum atomic E-state index is 5.97. The Labute approximate surface area is 104 Å². The summed E-state index contributed by atoms with van der Waals surface area (Å²) in [5.41, 5.74) is 8.76. The minimum atomic E-state index is 0.639. The molecule has 0 saturated carbocycles. The van der Waals surface area contributed by atoms with Crippen LogP contribution in [0.3, 0.4) is 0 Å². The lowest BCUT2D eigenvalue weighted by atomic mass is 10.1. The van der Waals surface area contributed by atoms with Crippen LogP contribution in [0.2, 0.25) is 0 Å². The summed E-state index contributed by atoms with van der Waals surface area (Å²) in [6, 6.07) is 7.85. The number of hydrogen-bond donors (Lipinski definition) is 1. The third kappa shape index (κ3) is 1.64. The van der Waals surface area contributed by atoms with E-state index < -0.39 is 0 Å². The zero-order chi connectivity index (χ0) is 12.5. The highest BCUT2D eigenvalue weighted by Crippen LogP contribution is 2.26. The van der Waals surface area contributed by atoms with E-state index in [9.17, 15) is 0 Å². The third-order valence-electron chi connectivity index (χ3n) is 2.79. The summed E-state index contributed by atoms with van der Waals surface area (Å²) in [6.07, 6.45) is 5.04. The zero-order valence-corrected chi connectivity index (χ0v) is 9.85. The lowest BCUT2D eigenvalue weighted by Gasteiger charge is -2.04. The summed E-state index contributed by atoms with van der Waals surface area (Å²) in [5.74, 6) is 0.639. The highest BCUT2D eigenvalue weighted by molar-refractivity contribution is 5.74. The van der Waals surface area contributed by atoms with Gasteiger partial charge >= 0.3 is 0 Å². The highest BCUT2D eigenvalue weighted by Gasteiger charge is 2.08. The standard InChI is InChI=1S/C12H12N6/c1-17-12(13)11(8-16-17)9-3-2-4-10(7-9)18-14-5-6-15-18/h2-8H,13H2,1H3. The van der Waals surface area contributed by atoms with Gasteiger partial charge in [-0.25, -0.2) is 0 Å². The molecule has 6 nitrogen and oxygen atoms in total. The molecule has 0 spiro atoms. The van der Waals surface area contributed by atoms with Crippen molar-refractivity contribution < 1.29 is 0 Å². The molecule has 2 heterocycles. The second-order valence-electron chi connectivity index (χ2n) is 3.94. The Morgan fingerprint density at radius 1 is 1.11 bits per heavy atom. The van der Waals surface area contributed by atoms with Gasteiger partial charge in [-0.3, -0.25) is 4.68 Å². The molecule has 0 amide bonds. The van der Waals surface area contributed by atoms with Crippen LogP contribution in [0.25, 0.3) is 16.8 Å². The van der Waals surface area contributed by atoms with Crippen LogP contribution in [0.5, 0.6) is 0 Å². The van der Waals surface area contributed by atoms with Gasteiger partial charge in [0.1, 0.15) is 5.82 Å². The summed E-state index contributed by atoms with van der Waals surface area (Å²) < 4.78 is 1.65. The molecule has 0 aliphatic heterocycles. The van der Waals surface area contributed by atoms with Crippen LogP contribution >= 0.6 is 0 Å². The monoisotopic (exact) mass is 240 g/mol. The maximum Gasteiger partial charge on any atom is 0.129 e. The van der Waals surface area contributed by atoms with Gasteiger partial charge in [-0.1, -0.05) is 12.1 Å². The van der Waals surface area contributed by atoms with Gasteiger partial charge < -0.3 is 5.73 Å². The number of nitrogens with two attached hydrogens (primary N) is 1. The van der Waals surface area contributed by atoms with Gasteiger partial charge in [-0.05, 0) is 17.7 Å². The number of hydrogen-bond acceptors (Lipinski definition) is 4. The fourth-order valence-electron chi connectivity index (χ4n) is 1.82. The van der Waals surface area contributed by atoms with Crippen LogP contribution in [-0.2, 0) is 7.05 Å². The molecule has 0 saturated heterocycles. The molecular weight excluding hydrogens is 228 g/mol. The fraction of sp³-hybridized carbons (Fsp3) is 0.0833. The molecule has 1 aromatic carbocycles. The highest BCUT2D eigenvalue weighted by atomic mass is 15.5. The van der Waals surface area contributed by atoms with E-state index in [0.29, 0.717) is 5.82 Å². The van der Waals surface area contributed by atoms with Crippen LogP contribution < -0.4 is 5.73 Å². The summed E-state index contributed by atoms with van der Waals surface area (Å²) in [4.78, 5) is 1.57. The molecule has 90 valence electrons. The van der Waals surface area contributed by atoms with Crippen LogP contribution in [0.4, 0.5) is 5.82 Å². The van der Waals surface area contributed by atoms with Crippen molar-refractivity contribution >= 4 is 5.82 Å². The molecular formula is C12H12N6. The first-order chi connectivity index (χ1) is 8.75. The van der Waals surface area contributed by atoms with Crippen molar-refractivity contribution in [1.29, 1.82) is 0 Å². The van der Waals surface area contributed by atoms with E-state index in [4.69, 9.17) is 5.73 Å². The van der Waals surface area contributed by atoms with Crippen molar-refractivity contribution in [3.63, 3.8) is 0 Å². The topological polar surface area (TPSA) is 74.5 Å². The Kier molecular flexibility index (Phi) is 2.33. The molecule has 2 aromatic heterocycles. The summed E-state index contributed by atoms with van der Waals surface area (Å²) in [6.45, 7) is 0. The average Bonchev–Trinajstić information content (AvgIpc) is 3.02. The van der Waals surface area contributed by atoms with Gasteiger partial charge in [0.05, 0.1) is 24.3 Å². The van der Waals surface area contributed by atoms with Gasteiger partial charge in [0.25, 0.3) is 0 Å². The van der Waals surface area contributed by atoms with E-state index >= 15 is 0 Å². The number of rotatable bonds is 2. The van der Waals surface area contributed by atoms with Crippen molar-refractivity contribution in [2.45, 2.75) is 0 Å². The van der Waals surface area contributed by atoms with Gasteiger partial charge in [-0.15, -0.1) is 0 Å².